The molecule has 0 radical (unpaired) electrons. The summed E-state index contributed by atoms with van der Waals surface area (Å²) in [7, 11) is 0. The van der Waals surface area contributed by atoms with Crippen molar-refractivity contribution in [2.75, 3.05) is 0 Å². The number of aldehydes is 1. The summed E-state index contributed by atoms with van der Waals surface area (Å²) in [5, 5.41) is 0. The summed E-state index contributed by atoms with van der Waals surface area (Å²) in [5.41, 5.74) is 4.55. The number of hydrogen-bond donors (Lipinski definition) is 1. The lowest BCUT2D eigenvalue weighted by molar-refractivity contribution is -0.108. The molecule has 1 N–H and O–H groups in total. The third kappa shape index (κ3) is 3.97. The molecule has 0 aliphatic carbocycles. The van der Waals surface area contributed by atoms with Crippen LogP contribution in [0.1, 0.15) is 33.7 Å². The van der Waals surface area contributed by atoms with Crippen LogP contribution in [-0.2, 0) is 21.6 Å². The predicted octanol–water partition coefficient (Wildman–Crippen LogP) is 5.10. The molecule has 1 aliphatic rings. The maximum Gasteiger partial charge on any atom is 0.157 e. The topological polar surface area (TPSA) is 63.6 Å². The minimum absolute atomic E-state index is 0.0318. The third-order valence-electron chi connectivity index (χ3n) is 5.07. The number of carbonyl (C=O) groups excluding carboxylic acids is 1. The van der Waals surface area contributed by atoms with Crippen molar-refractivity contribution in [3.05, 3.63) is 100 Å². The third-order valence-corrected chi connectivity index (χ3v) is 5.65. The van der Waals surface area contributed by atoms with Crippen molar-refractivity contribution in [1.29, 1.82) is 0 Å². The van der Waals surface area contributed by atoms with Crippen LogP contribution in [-0.4, -0.2) is 15.0 Å². The highest BCUT2D eigenvalue weighted by molar-refractivity contribution is 7.78. The second kappa shape index (κ2) is 8.34. The van der Waals surface area contributed by atoms with E-state index >= 15 is 0 Å². The Labute approximate surface area is 176 Å². The zero-order valence-electron chi connectivity index (χ0n) is 16.2. The maximum absolute atomic E-state index is 13.5. The normalized spacial score (nSPS) is 16.6. The lowest BCUT2D eigenvalue weighted by Crippen LogP contribution is -2.16. The zero-order valence-corrected chi connectivity index (χ0v) is 17.0. The number of hydrogen-bond acceptors (Lipinski definition) is 3. The molecule has 0 aromatic heterocycles. The zero-order chi connectivity index (χ0) is 21.3. The van der Waals surface area contributed by atoms with Gasteiger partial charge >= 0.3 is 0 Å². The number of ether oxygens (including phenoxy) is 1. The van der Waals surface area contributed by atoms with Crippen LogP contribution in [0.15, 0.2) is 66.7 Å². The predicted molar refractivity (Wildman–Crippen MR) is 115 cm³/mol. The van der Waals surface area contributed by atoms with Crippen LogP contribution >= 0.6 is 0 Å². The van der Waals surface area contributed by atoms with E-state index in [-0.39, 0.29) is 11.6 Å². The monoisotopic (exact) mass is 422 g/mol. The van der Waals surface area contributed by atoms with E-state index in [1.54, 1.807) is 36.4 Å². The Bertz CT molecular complexity index is 1150. The van der Waals surface area contributed by atoms with Crippen molar-refractivity contribution >= 4 is 28.7 Å². The molecule has 0 saturated carbocycles. The molecule has 3 aromatic carbocycles. The van der Waals surface area contributed by atoms with Gasteiger partial charge in [-0.25, -0.2) is 8.60 Å². The van der Waals surface area contributed by atoms with Gasteiger partial charge in [-0.1, -0.05) is 54.1 Å². The summed E-state index contributed by atoms with van der Waals surface area (Å²) in [6.07, 6.45) is 0.878. The molecule has 2 atom stereocenters. The van der Waals surface area contributed by atoms with Gasteiger partial charge in [-0.3, -0.25) is 0 Å². The number of aryl methyl sites for hydroxylation is 1. The smallest absolute Gasteiger partial charge is 0.157 e. The summed E-state index contributed by atoms with van der Waals surface area (Å²) in [5.74, 6) is 0.201. The highest BCUT2D eigenvalue weighted by Gasteiger charge is 2.31. The first-order chi connectivity index (χ1) is 14.5. The Morgan fingerprint density at radius 1 is 1.03 bits per heavy atom. The number of carbonyl (C=O) groups is 1. The first kappa shape index (κ1) is 20.2. The SMILES string of the molecule is Cc1ccc2c(c1)C(C=O)C(c1ccc(F)cc1)=C(c1ccc(CS(=O)O)cc1)O2. The lowest BCUT2D eigenvalue weighted by atomic mass is 9.83. The number of allylic oxidation sites excluding steroid dienone is 1. The van der Waals surface area contributed by atoms with E-state index in [9.17, 15) is 13.4 Å². The first-order valence-corrected chi connectivity index (χ1v) is 10.6. The van der Waals surface area contributed by atoms with Crippen molar-refractivity contribution < 1.29 is 22.7 Å². The average Bonchev–Trinajstić information content (AvgIpc) is 2.73. The van der Waals surface area contributed by atoms with Crippen molar-refractivity contribution in [2.45, 2.75) is 18.6 Å². The molecule has 1 aliphatic heterocycles. The minimum Gasteiger partial charge on any atom is -0.456 e. The quantitative estimate of drug-likeness (QED) is 0.459. The summed E-state index contributed by atoms with van der Waals surface area (Å²) in [4.78, 5) is 12.2. The Balaban J connectivity index is 1.90. The summed E-state index contributed by atoms with van der Waals surface area (Å²) >= 11 is -1.93. The van der Waals surface area contributed by atoms with E-state index in [1.807, 2.05) is 25.1 Å². The maximum atomic E-state index is 13.5. The van der Waals surface area contributed by atoms with Gasteiger partial charge in [-0.15, -0.1) is 0 Å². The van der Waals surface area contributed by atoms with Gasteiger partial charge in [-0.05, 0) is 36.2 Å². The van der Waals surface area contributed by atoms with Crippen molar-refractivity contribution in [3.8, 4) is 5.75 Å². The Morgan fingerprint density at radius 3 is 2.33 bits per heavy atom. The fourth-order valence-corrected chi connectivity index (χ4v) is 4.13. The van der Waals surface area contributed by atoms with Gasteiger partial charge in [0, 0.05) is 16.7 Å². The highest BCUT2D eigenvalue weighted by atomic mass is 32.2. The molecule has 0 saturated heterocycles. The molecule has 0 fully saturated rings. The molecule has 6 heteroatoms. The summed E-state index contributed by atoms with van der Waals surface area (Å²) in [6, 6.07) is 18.8. The molecule has 0 bridgehead atoms. The van der Waals surface area contributed by atoms with E-state index in [1.165, 1.54) is 12.1 Å². The highest BCUT2D eigenvalue weighted by Crippen LogP contribution is 2.46. The minimum atomic E-state index is -1.93. The van der Waals surface area contributed by atoms with Crippen molar-refractivity contribution in [3.63, 3.8) is 0 Å². The molecular formula is C24H19FO4S. The van der Waals surface area contributed by atoms with E-state index in [0.717, 1.165) is 23.0 Å². The number of halogens is 1. The van der Waals surface area contributed by atoms with E-state index in [2.05, 4.69) is 0 Å². The molecule has 1 heterocycles. The molecule has 30 heavy (non-hydrogen) atoms. The Kier molecular flexibility index (Phi) is 5.61. The Hall–Kier alpha value is -3.09. The van der Waals surface area contributed by atoms with E-state index in [0.29, 0.717) is 28.2 Å². The molecule has 2 unspecified atom stereocenters. The van der Waals surface area contributed by atoms with Crippen LogP contribution in [0.3, 0.4) is 0 Å². The van der Waals surface area contributed by atoms with Gasteiger partial charge in [0.05, 0.1) is 11.7 Å². The van der Waals surface area contributed by atoms with Gasteiger partial charge < -0.3 is 14.1 Å². The Morgan fingerprint density at radius 2 is 1.70 bits per heavy atom. The molecule has 152 valence electrons. The molecule has 0 spiro atoms. The van der Waals surface area contributed by atoms with Gasteiger partial charge in [0.15, 0.2) is 11.1 Å². The van der Waals surface area contributed by atoms with Crippen molar-refractivity contribution in [2.24, 2.45) is 0 Å². The molecule has 3 aromatic rings. The van der Waals surface area contributed by atoms with Gasteiger partial charge in [0.2, 0.25) is 0 Å². The number of rotatable bonds is 5. The van der Waals surface area contributed by atoms with E-state index < -0.39 is 17.0 Å². The first-order valence-electron chi connectivity index (χ1n) is 9.37. The van der Waals surface area contributed by atoms with Crippen LogP contribution in [0, 0.1) is 12.7 Å². The summed E-state index contributed by atoms with van der Waals surface area (Å²) in [6.45, 7) is 1.95. The van der Waals surface area contributed by atoms with Crippen molar-refractivity contribution in [1.82, 2.24) is 0 Å². The lowest BCUT2D eigenvalue weighted by Gasteiger charge is -2.29. The number of fused-ring (bicyclic) bond motifs is 1. The fourth-order valence-electron chi connectivity index (χ4n) is 3.66. The molecular weight excluding hydrogens is 403 g/mol. The average molecular weight is 422 g/mol. The standard InChI is InChI=1S/C24H19FO4S/c1-15-2-11-22-20(12-15)21(13-26)23(17-7-9-19(25)10-8-17)24(29-22)18-5-3-16(4-6-18)14-30(27)28/h2-13,21H,14H2,1H3,(H,27,28). The second-order valence-electron chi connectivity index (χ2n) is 7.17. The van der Waals surface area contributed by atoms with Crippen LogP contribution in [0.2, 0.25) is 0 Å². The van der Waals surface area contributed by atoms with Crippen LogP contribution in [0.4, 0.5) is 4.39 Å². The molecule has 4 rings (SSSR count). The molecule has 4 nitrogen and oxygen atoms in total. The van der Waals surface area contributed by atoms with Crippen LogP contribution < -0.4 is 4.74 Å². The molecule has 0 amide bonds. The van der Waals surface area contributed by atoms with Gasteiger partial charge in [-0.2, -0.15) is 0 Å². The summed E-state index contributed by atoms with van der Waals surface area (Å²) < 4.78 is 40.0. The fraction of sp³-hybridized carbons (Fsp3) is 0.125. The van der Waals surface area contributed by atoms with Crippen LogP contribution in [0.25, 0.3) is 11.3 Å². The van der Waals surface area contributed by atoms with Gasteiger partial charge in [0.25, 0.3) is 0 Å². The number of benzene rings is 3. The van der Waals surface area contributed by atoms with Gasteiger partial charge in [0.1, 0.15) is 23.6 Å². The van der Waals surface area contributed by atoms with Crippen LogP contribution in [0.5, 0.6) is 5.75 Å². The second-order valence-corrected chi connectivity index (χ2v) is 8.10. The van der Waals surface area contributed by atoms with E-state index in [4.69, 9.17) is 9.29 Å². The largest absolute Gasteiger partial charge is 0.456 e.